The van der Waals surface area contributed by atoms with Gasteiger partial charge in [-0.05, 0) is 37.6 Å². The molecule has 1 amide bonds. The zero-order valence-corrected chi connectivity index (χ0v) is 14.6. The molecule has 0 bridgehead atoms. The molecule has 0 spiro atoms. The number of rotatable bonds is 5. The average Bonchev–Trinajstić information content (AvgIpc) is 2.62. The first-order valence-electron chi connectivity index (χ1n) is 8.23. The van der Waals surface area contributed by atoms with Crippen molar-refractivity contribution in [1.29, 1.82) is 0 Å². The number of hydrogen-bond donors (Lipinski definition) is 2. The predicted octanol–water partition coefficient (Wildman–Crippen LogP) is 4.10. The second kappa shape index (κ2) is 7.74. The minimum absolute atomic E-state index is 0.231. The van der Waals surface area contributed by atoms with Crippen molar-refractivity contribution in [2.75, 3.05) is 10.6 Å². The summed E-state index contributed by atoms with van der Waals surface area (Å²) in [6, 6.07) is 15.6. The summed E-state index contributed by atoms with van der Waals surface area (Å²) in [6.45, 7) is 3.93. The van der Waals surface area contributed by atoms with Gasteiger partial charge in [0.05, 0.1) is 0 Å². The molecule has 0 aliphatic heterocycles. The second-order valence-corrected chi connectivity index (χ2v) is 5.93. The van der Waals surface area contributed by atoms with Crippen LogP contribution in [0.2, 0.25) is 0 Å². The Morgan fingerprint density at radius 2 is 1.77 bits per heavy atom. The van der Waals surface area contributed by atoms with E-state index in [0.29, 0.717) is 11.3 Å². The fourth-order valence-electron chi connectivity index (χ4n) is 2.48. The van der Waals surface area contributed by atoms with Crippen LogP contribution in [0.4, 0.5) is 16.0 Å². The molecule has 0 atom stereocenters. The average molecular weight is 350 g/mol. The van der Waals surface area contributed by atoms with Gasteiger partial charge < -0.3 is 10.6 Å². The van der Waals surface area contributed by atoms with E-state index in [9.17, 15) is 9.18 Å². The number of carbonyl (C=O) groups excluding carboxylic acids is 1. The van der Waals surface area contributed by atoms with Crippen LogP contribution < -0.4 is 10.6 Å². The van der Waals surface area contributed by atoms with Gasteiger partial charge in [-0.2, -0.15) is 0 Å². The van der Waals surface area contributed by atoms with Crippen molar-refractivity contribution >= 4 is 17.5 Å². The molecule has 0 aliphatic rings. The first-order valence-corrected chi connectivity index (χ1v) is 8.23. The molecule has 3 rings (SSSR count). The van der Waals surface area contributed by atoms with E-state index in [1.807, 2.05) is 31.2 Å². The Labute approximate surface area is 151 Å². The highest BCUT2D eigenvalue weighted by atomic mass is 19.1. The number of carbonyl (C=O) groups is 1. The number of halogens is 1. The highest BCUT2D eigenvalue weighted by molar-refractivity contribution is 6.03. The van der Waals surface area contributed by atoms with Gasteiger partial charge >= 0.3 is 0 Å². The van der Waals surface area contributed by atoms with Crippen molar-refractivity contribution in [1.82, 2.24) is 9.97 Å². The summed E-state index contributed by atoms with van der Waals surface area (Å²) in [5.41, 5.74) is 3.09. The number of nitrogens with zero attached hydrogens (tertiary/aromatic N) is 2. The first-order chi connectivity index (χ1) is 12.5. The lowest BCUT2D eigenvalue weighted by Gasteiger charge is -2.10. The number of aryl methyl sites for hydroxylation is 2. The Kier molecular flexibility index (Phi) is 5.22. The molecule has 0 radical (unpaired) electrons. The molecule has 3 aromatic rings. The molecule has 0 saturated heterocycles. The third kappa shape index (κ3) is 4.22. The molecule has 2 aromatic carbocycles. The van der Waals surface area contributed by atoms with E-state index in [1.165, 1.54) is 6.07 Å². The Morgan fingerprint density at radius 3 is 2.54 bits per heavy atom. The number of para-hydroxylation sites is 1. The summed E-state index contributed by atoms with van der Waals surface area (Å²) in [5, 5.41) is 5.82. The molecule has 5 nitrogen and oxygen atoms in total. The number of benzene rings is 2. The van der Waals surface area contributed by atoms with Gasteiger partial charge in [0.15, 0.2) is 0 Å². The Balaban J connectivity index is 1.76. The summed E-state index contributed by atoms with van der Waals surface area (Å²) >= 11 is 0. The summed E-state index contributed by atoms with van der Waals surface area (Å²) < 4.78 is 13.7. The van der Waals surface area contributed by atoms with Crippen LogP contribution in [0.5, 0.6) is 0 Å². The van der Waals surface area contributed by atoms with Crippen molar-refractivity contribution < 1.29 is 9.18 Å². The topological polar surface area (TPSA) is 66.9 Å². The van der Waals surface area contributed by atoms with Gasteiger partial charge in [0, 0.05) is 23.5 Å². The van der Waals surface area contributed by atoms with Gasteiger partial charge in [0.25, 0.3) is 5.91 Å². The number of amides is 1. The van der Waals surface area contributed by atoms with Crippen LogP contribution in [0, 0.1) is 19.7 Å². The fourth-order valence-corrected chi connectivity index (χ4v) is 2.48. The Morgan fingerprint density at radius 1 is 1.04 bits per heavy atom. The van der Waals surface area contributed by atoms with Crippen LogP contribution in [0.15, 0.2) is 54.6 Å². The molecule has 26 heavy (non-hydrogen) atoms. The summed E-state index contributed by atoms with van der Waals surface area (Å²) in [7, 11) is 0. The maximum absolute atomic E-state index is 13.7. The van der Waals surface area contributed by atoms with Gasteiger partial charge in [0.2, 0.25) is 5.95 Å². The standard InChI is InChI=1S/C20H19FN4O/c1-13-7-3-6-10-17(13)24-19(26)18-11-14(2)23-20(25-18)22-12-15-8-4-5-9-16(15)21/h3-11H,12H2,1-2H3,(H,24,26)(H,22,23,25). The van der Waals surface area contributed by atoms with Crippen LogP contribution >= 0.6 is 0 Å². The van der Waals surface area contributed by atoms with Gasteiger partial charge in [-0.25, -0.2) is 14.4 Å². The largest absolute Gasteiger partial charge is 0.350 e. The summed E-state index contributed by atoms with van der Waals surface area (Å²) in [4.78, 5) is 21.0. The second-order valence-electron chi connectivity index (χ2n) is 5.93. The van der Waals surface area contributed by atoms with E-state index in [2.05, 4.69) is 20.6 Å². The lowest BCUT2D eigenvalue weighted by molar-refractivity contribution is 0.102. The monoisotopic (exact) mass is 350 g/mol. The minimum Gasteiger partial charge on any atom is -0.350 e. The SMILES string of the molecule is Cc1cc(C(=O)Nc2ccccc2C)nc(NCc2ccccc2F)n1. The third-order valence-electron chi connectivity index (χ3n) is 3.87. The fraction of sp³-hybridized carbons (Fsp3) is 0.150. The molecule has 1 heterocycles. The molecule has 0 fully saturated rings. The number of anilines is 2. The lowest BCUT2D eigenvalue weighted by atomic mass is 10.2. The van der Waals surface area contributed by atoms with Crippen LogP contribution in [0.1, 0.15) is 27.3 Å². The maximum atomic E-state index is 13.7. The molecule has 0 saturated carbocycles. The number of aromatic nitrogens is 2. The van der Waals surface area contributed by atoms with Gasteiger partial charge in [-0.1, -0.05) is 36.4 Å². The van der Waals surface area contributed by atoms with Crippen LogP contribution in [-0.2, 0) is 6.54 Å². The van der Waals surface area contributed by atoms with E-state index in [4.69, 9.17) is 0 Å². The quantitative estimate of drug-likeness (QED) is 0.727. The van der Waals surface area contributed by atoms with Crippen molar-refractivity contribution in [2.45, 2.75) is 20.4 Å². The van der Waals surface area contributed by atoms with Crippen LogP contribution in [-0.4, -0.2) is 15.9 Å². The molecular formula is C20H19FN4O. The first kappa shape index (κ1) is 17.5. The van der Waals surface area contributed by atoms with Gasteiger partial charge in [-0.15, -0.1) is 0 Å². The Hall–Kier alpha value is -3.28. The van der Waals surface area contributed by atoms with E-state index in [0.717, 1.165) is 11.3 Å². The Bertz CT molecular complexity index is 943. The van der Waals surface area contributed by atoms with Crippen molar-refractivity contribution in [3.8, 4) is 0 Å². The smallest absolute Gasteiger partial charge is 0.274 e. The van der Waals surface area contributed by atoms with E-state index in [1.54, 1.807) is 31.2 Å². The highest BCUT2D eigenvalue weighted by Crippen LogP contribution is 2.15. The zero-order chi connectivity index (χ0) is 18.5. The third-order valence-corrected chi connectivity index (χ3v) is 3.87. The van der Waals surface area contributed by atoms with Crippen molar-refractivity contribution in [3.63, 3.8) is 0 Å². The molecule has 6 heteroatoms. The van der Waals surface area contributed by atoms with E-state index >= 15 is 0 Å². The van der Waals surface area contributed by atoms with E-state index in [-0.39, 0.29) is 29.9 Å². The summed E-state index contributed by atoms with van der Waals surface area (Å²) in [5.74, 6) is -0.341. The molecule has 1 aromatic heterocycles. The lowest BCUT2D eigenvalue weighted by Crippen LogP contribution is -2.16. The molecule has 0 aliphatic carbocycles. The molecule has 2 N–H and O–H groups in total. The normalized spacial score (nSPS) is 10.4. The van der Waals surface area contributed by atoms with Crippen molar-refractivity contribution in [3.05, 3.63) is 82.9 Å². The number of hydrogen-bond acceptors (Lipinski definition) is 4. The molecule has 0 unspecified atom stereocenters. The van der Waals surface area contributed by atoms with Crippen molar-refractivity contribution in [2.24, 2.45) is 0 Å². The highest BCUT2D eigenvalue weighted by Gasteiger charge is 2.12. The zero-order valence-electron chi connectivity index (χ0n) is 14.6. The minimum atomic E-state index is -0.321. The van der Waals surface area contributed by atoms with Gasteiger partial charge in [-0.3, -0.25) is 4.79 Å². The van der Waals surface area contributed by atoms with Gasteiger partial charge in [0.1, 0.15) is 11.5 Å². The van der Waals surface area contributed by atoms with Crippen LogP contribution in [0.3, 0.4) is 0 Å². The molecular weight excluding hydrogens is 331 g/mol. The van der Waals surface area contributed by atoms with E-state index < -0.39 is 0 Å². The maximum Gasteiger partial charge on any atom is 0.274 e. The molecule has 132 valence electrons. The predicted molar refractivity (Wildman–Crippen MR) is 99.6 cm³/mol. The van der Waals surface area contributed by atoms with Crippen LogP contribution in [0.25, 0.3) is 0 Å². The summed E-state index contributed by atoms with van der Waals surface area (Å²) in [6.07, 6.45) is 0. The number of nitrogens with one attached hydrogen (secondary N) is 2.